The second-order valence-electron chi connectivity index (χ2n) is 8.41. The number of rotatable bonds is 11. The second-order valence-corrected chi connectivity index (χ2v) is 8.81. The average molecular weight is 511 g/mol. The van der Waals surface area contributed by atoms with Crippen LogP contribution in [0.15, 0.2) is 66.7 Å². The van der Waals surface area contributed by atoms with Crippen LogP contribution in [0, 0.1) is 0 Å². The maximum Gasteiger partial charge on any atom is 0.317 e. The molecular formula is C28H31ClN2O5. The predicted molar refractivity (Wildman–Crippen MR) is 140 cm³/mol. The Kier molecular flexibility index (Phi) is 9.59. The van der Waals surface area contributed by atoms with E-state index in [0.29, 0.717) is 34.4 Å². The van der Waals surface area contributed by atoms with E-state index in [1.54, 1.807) is 37.4 Å². The van der Waals surface area contributed by atoms with Crippen LogP contribution in [-0.2, 0) is 13.2 Å². The molecule has 3 aromatic rings. The van der Waals surface area contributed by atoms with Crippen molar-refractivity contribution in [3.8, 4) is 17.2 Å². The Morgan fingerprint density at radius 1 is 0.944 bits per heavy atom. The number of hydrogen-bond acceptors (Lipinski definition) is 5. The van der Waals surface area contributed by atoms with Crippen LogP contribution in [0.5, 0.6) is 17.2 Å². The average Bonchev–Trinajstić information content (AvgIpc) is 2.88. The standard InChI is InChI=1S/C28H31ClN2O5/c1-19(2)36-25-13-11-22(15-23(25)29)24(32)17-31(28(33)30-3)16-21-10-12-26(27(14-21)34-4)35-18-20-8-6-5-7-9-20/h5-15,19H,16-18H2,1-4H3,(H,30,33). The SMILES string of the molecule is CNC(=O)N(CC(=O)c1ccc(OC(C)C)c(Cl)c1)Cc1ccc(OCc2ccccc2)c(OC)c1. The highest BCUT2D eigenvalue weighted by molar-refractivity contribution is 6.32. The molecule has 2 amide bonds. The molecule has 0 aliphatic carbocycles. The van der Waals surface area contributed by atoms with Crippen LogP contribution in [0.1, 0.15) is 35.3 Å². The third kappa shape index (κ3) is 7.39. The fraction of sp³-hybridized carbons (Fsp3) is 0.286. The van der Waals surface area contributed by atoms with Crippen molar-refractivity contribution < 1.29 is 23.8 Å². The summed E-state index contributed by atoms with van der Waals surface area (Å²) in [7, 11) is 3.08. The number of amides is 2. The fourth-order valence-electron chi connectivity index (χ4n) is 3.53. The number of nitrogens with zero attached hydrogens (tertiary/aromatic N) is 1. The molecule has 0 spiro atoms. The van der Waals surface area contributed by atoms with E-state index < -0.39 is 0 Å². The van der Waals surface area contributed by atoms with Gasteiger partial charge in [-0.3, -0.25) is 4.79 Å². The first-order valence-electron chi connectivity index (χ1n) is 11.6. The highest BCUT2D eigenvalue weighted by Gasteiger charge is 2.20. The molecule has 0 saturated heterocycles. The minimum atomic E-state index is -0.377. The number of nitrogens with one attached hydrogen (secondary N) is 1. The van der Waals surface area contributed by atoms with E-state index >= 15 is 0 Å². The van der Waals surface area contributed by atoms with Crippen molar-refractivity contribution in [2.75, 3.05) is 20.7 Å². The monoisotopic (exact) mass is 510 g/mol. The summed E-state index contributed by atoms with van der Waals surface area (Å²) in [5.41, 5.74) is 2.22. The van der Waals surface area contributed by atoms with Gasteiger partial charge in [-0.15, -0.1) is 0 Å². The Balaban J connectivity index is 1.72. The Bertz CT molecular complexity index is 1180. The summed E-state index contributed by atoms with van der Waals surface area (Å²) in [5, 5.41) is 2.94. The summed E-state index contributed by atoms with van der Waals surface area (Å²) < 4.78 is 17.1. The van der Waals surface area contributed by atoms with E-state index in [9.17, 15) is 9.59 Å². The van der Waals surface area contributed by atoms with Crippen molar-refractivity contribution in [3.63, 3.8) is 0 Å². The van der Waals surface area contributed by atoms with Crippen LogP contribution < -0.4 is 19.5 Å². The number of methoxy groups -OCH3 is 1. The Morgan fingerprint density at radius 3 is 2.31 bits per heavy atom. The molecule has 0 fully saturated rings. The lowest BCUT2D eigenvalue weighted by Crippen LogP contribution is -2.40. The van der Waals surface area contributed by atoms with E-state index in [1.807, 2.05) is 50.2 Å². The van der Waals surface area contributed by atoms with Gasteiger partial charge in [-0.05, 0) is 55.3 Å². The number of carbonyl (C=O) groups is 2. The summed E-state index contributed by atoms with van der Waals surface area (Å²) >= 11 is 6.29. The first-order valence-corrected chi connectivity index (χ1v) is 12.0. The van der Waals surface area contributed by atoms with E-state index in [4.69, 9.17) is 25.8 Å². The van der Waals surface area contributed by atoms with Gasteiger partial charge in [0.1, 0.15) is 12.4 Å². The van der Waals surface area contributed by atoms with Crippen molar-refractivity contribution >= 4 is 23.4 Å². The number of benzene rings is 3. The van der Waals surface area contributed by atoms with Gasteiger partial charge in [0.15, 0.2) is 17.3 Å². The Morgan fingerprint density at radius 2 is 1.67 bits per heavy atom. The molecule has 0 aromatic heterocycles. The van der Waals surface area contributed by atoms with E-state index in [-0.39, 0.29) is 31.0 Å². The topological polar surface area (TPSA) is 77.1 Å². The van der Waals surface area contributed by atoms with Crippen LogP contribution in [0.3, 0.4) is 0 Å². The highest BCUT2D eigenvalue weighted by Crippen LogP contribution is 2.30. The molecule has 0 aliphatic rings. The number of ketones is 1. The van der Waals surface area contributed by atoms with Gasteiger partial charge in [-0.2, -0.15) is 0 Å². The van der Waals surface area contributed by atoms with Gasteiger partial charge in [0, 0.05) is 19.2 Å². The lowest BCUT2D eigenvalue weighted by molar-refractivity contribution is 0.0940. The molecule has 7 nitrogen and oxygen atoms in total. The van der Waals surface area contributed by atoms with Crippen molar-refractivity contribution in [1.82, 2.24) is 10.2 Å². The van der Waals surface area contributed by atoms with Gasteiger partial charge < -0.3 is 24.4 Å². The molecule has 3 rings (SSSR count). The van der Waals surface area contributed by atoms with E-state index in [1.165, 1.54) is 11.9 Å². The number of carbonyl (C=O) groups excluding carboxylic acids is 2. The molecule has 0 heterocycles. The molecular weight excluding hydrogens is 480 g/mol. The molecule has 0 atom stereocenters. The van der Waals surface area contributed by atoms with Gasteiger partial charge in [0.05, 0.1) is 24.8 Å². The molecule has 0 aliphatic heterocycles. The zero-order valence-electron chi connectivity index (χ0n) is 20.9. The lowest BCUT2D eigenvalue weighted by Gasteiger charge is -2.22. The minimum Gasteiger partial charge on any atom is -0.493 e. The summed E-state index contributed by atoms with van der Waals surface area (Å²) in [6, 6.07) is 19.8. The van der Waals surface area contributed by atoms with Crippen molar-refractivity contribution in [2.45, 2.75) is 33.1 Å². The van der Waals surface area contributed by atoms with Crippen molar-refractivity contribution in [3.05, 3.63) is 88.4 Å². The number of ether oxygens (including phenoxy) is 3. The normalized spacial score (nSPS) is 10.6. The minimum absolute atomic E-state index is 0.0417. The molecule has 190 valence electrons. The van der Waals surface area contributed by atoms with Crippen LogP contribution in [0.2, 0.25) is 5.02 Å². The summed E-state index contributed by atoms with van der Waals surface area (Å²) in [6.07, 6.45) is -0.0417. The van der Waals surface area contributed by atoms with Gasteiger partial charge in [0.2, 0.25) is 0 Å². The lowest BCUT2D eigenvalue weighted by atomic mass is 10.1. The molecule has 0 radical (unpaired) electrons. The van der Waals surface area contributed by atoms with E-state index in [2.05, 4.69) is 5.32 Å². The fourth-order valence-corrected chi connectivity index (χ4v) is 3.76. The maximum absolute atomic E-state index is 13.0. The molecule has 3 aromatic carbocycles. The van der Waals surface area contributed by atoms with Gasteiger partial charge in [0.25, 0.3) is 0 Å². The number of halogens is 1. The third-order valence-electron chi connectivity index (χ3n) is 5.29. The molecule has 8 heteroatoms. The van der Waals surface area contributed by atoms with Crippen molar-refractivity contribution in [1.29, 1.82) is 0 Å². The zero-order chi connectivity index (χ0) is 26.1. The van der Waals surface area contributed by atoms with Crippen LogP contribution in [-0.4, -0.2) is 43.5 Å². The zero-order valence-corrected chi connectivity index (χ0v) is 21.7. The largest absolute Gasteiger partial charge is 0.493 e. The summed E-state index contributed by atoms with van der Waals surface area (Å²) in [4.78, 5) is 27.0. The van der Waals surface area contributed by atoms with Crippen LogP contribution in [0.4, 0.5) is 4.79 Å². The third-order valence-corrected chi connectivity index (χ3v) is 5.59. The van der Waals surface area contributed by atoms with E-state index in [0.717, 1.165) is 11.1 Å². The van der Waals surface area contributed by atoms with Crippen molar-refractivity contribution in [2.24, 2.45) is 0 Å². The van der Waals surface area contributed by atoms with Crippen LogP contribution >= 0.6 is 11.6 Å². The van der Waals surface area contributed by atoms with Gasteiger partial charge in [-0.25, -0.2) is 4.79 Å². The molecule has 0 unspecified atom stereocenters. The molecule has 0 saturated carbocycles. The van der Waals surface area contributed by atoms with Gasteiger partial charge >= 0.3 is 6.03 Å². The summed E-state index contributed by atoms with van der Waals surface area (Å²) in [6.45, 7) is 4.26. The number of urea groups is 1. The maximum atomic E-state index is 13.0. The first kappa shape index (κ1) is 26.9. The Hall–Kier alpha value is -3.71. The molecule has 1 N–H and O–H groups in total. The molecule has 0 bridgehead atoms. The number of hydrogen-bond donors (Lipinski definition) is 1. The first-order chi connectivity index (χ1) is 17.3. The highest BCUT2D eigenvalue weighted by atomic mass is 35.5. The van der Waals surface area contributed by atoms with Gasteiger partial charge in [-0.1, -0.05) is 48.0 Å². The Labute approximate surface area is 216 Å². The summed E-state index contributed by atoms with van der Waals surface area (Å²) in [5.74, 6) is 1.39. The van der Waals surface area contributed by atoms with Crippen LogP contribution in [0.25, 0.3) is 0 Å². The predicted octanol–water partition coefficient (Wildman–Crippen LogP) is 5.74. The second kappa shape index (κ2) is 12.8. The quantitative estimate of drug-likeness (QED) is 0.333. The number of Topliss-reactive ketones (excluding diaryl/α,β-unsaturated/α-hetero) is 1. The molecule has 36 heavy (non-hydrogen) atoms. The smallest absolute Gasteiger partial charge is 0.317 e.